The minimum Gasteiger partial charge on any atom is -0.462 e. The van der Waals surface area contributed by atoms with E-state index in [4.69, 9.17) is 4.74 Å². The summed E-state index contributed by atoms with van der Waals surface area (Å²) in [5, 5.41) is 2.78. The molecule has 0 saturated carbocycles. The Labute approximate surface area is 168 Å². The van der Waals surface area contributed by atoms with Crippen LogP contribution in [0.2, 0.25) is 0 Å². The molecule has 2 amide bonds. The number of benzene rings is 2. The summed E-state index contributed by atoms with van der Waals surface area (Å²) in [7, 11) is 0. The fraction of sp³-hybridized carbons (Fsp3) is 0.273. The molecule has 0 aliphatic carbocycles. The Morgan fingerprint density at radius 2 is 1.66 bits per heavy atom. The Morgan fingerprint density at radius 3 is 2.24 bits per heavy atom. The van der Waals surface area contributed by atoms with Crippen molar-refractivity contribution in [1.82, 2.24) is 0 Å². The number of hydrogen-bond acceptors (Lipinski definition) is 5. The molecule has 0 bridgehead atoms. The van der Waals surface area contributed by atoms with Crippen LogP contribution in [0.1, 0.15) is 41.0 Å². The smallest absolute Gasteiger partial charge is 0.338 e. The molecule has 0 aromatic heterocycles. The maximum atomic E-state index is 12.6. The number of ketones is 1. The molecular weight excluding hydrogens is 372 g/mol. The van der Waals surface area contributed by atoms with Crippen LogP contribution >= 0.6 is 0 Å². The van der Waals surface area contributed by atoms with E-state index in [9.17, 15) is 19.2 Å². The van der Waals surface area contributed by atoms with Crippen molar-refractivity contribution < 1.29 is 23.9 Å². The highest BCUT2D eigenvalue weighted by atomic mass is 16.5. The fourth-order valence-corrected chi connectivity index (χ4v) is 3.16. The molecule has 7 nitrogen and oxygen atoms in total. The van der Waals surface area contributed by atoms with Crippen molar-refractivity contribution in [3.05, 3.63) is 59.7 Å². The molecular formula is C22H22N2O5. The predicted octanol–water partition coefficient (Wildman–Crippen LogP) is 3.06. The van der Waals surface area contributed by atoms with Gasteiger partial charge in [0.1, 0.15) is 0 Å². The van der Waals surface area contributed by atoms with Gasteiger partial charge in [-0.25, -0.2) is 4.79 Å². The van der Waals surface area contributed by atoms with Gasteiger partial charge in [-0.3, -0.25) is 14.4 Å². The zero-order chi connectivity index (χ0) is 21.0. The van der Waals surface area contributed by atoms with Gasteiger partial charge in [-0.15, -0.1) is 0 Å². The zero-order valence-corrected chi connectivity index (χ0v) is 16.3. The molecule has 1 N–H and O–H groups in total. The van der Waals surface area contributed by atoms with Crippen molar-refractivity contribution in [2.45, 2.75) is 20.3 Å². The van der Waals surface area contributed by atoms with Crippen molar-refractivity contribution in [2.24, 2.45) is 5.92 Å². The number of amides is 2. The highest BCUT2D eigenvalue weighted by Gasteiger charge is 2.35. The molecule has 0 radical (unpaired) electrons. The van der Waals surface area contributed by atoms with E-state index in [2.05, 4.69) is 5.32 Å². The van der Waals surface area contributed by atoms with E-state index in [0.29, 0.717) is 29.1 Å². The summed E-state index contributed by atoms with van der Waals surface area (Å²) in [6.07, 6.45) is 0.112. The quantitative estimate of drug-likeness (QED) is 0.600. The van der Waals surface area contributed by atoms with E-state index in [1.54, 1.807) is 60.4 Å². The Morgan fingerprint density at radius 1 is 1.03 bits per heavy atom. The molecule has 1 unspecified atom stereocenters. The lowest BCUT2D eigenvalue weighted by molar-refractivity contribution is -0.122. The van der Waals surface area contributed by atoms with Gasteiger partial charge in [0.05, 0.1) is 18.1 Å². The molecule has 0 spiro atoms. The van der Waals surface area contributed by atoms with Gasteiger partial charge in [0.2, 0.25) is 11.8 Å². The number of carbonyl (C=O) groups excluding carboxylic acids is 4. The van der Waals surface area contributed by atoms with Crippen LogP contribution in [0.5, 0.6) is 0 Å². The Kier molecular flexibility index (Phi) is 6.07. The summed E-state index contributed by atoms with van der Waals surface area (Å²) >= 11 is 0. The number of ether oxygens (including phenoxy) is 1. The molecule has 29 heavy (non-hydrogen) atoms. The van der Waals surface area contributed by atoms with Gasteiger partial charge in [0.25, 0.3) is 0 Å². The van der Waals surface area contributed by atoms with Crippen molar-refractivity contribution in [3.63, 3.8) is 0 Å². The maximum Gasteiger partial charge on any atom is 0.338 e. The van der Waals surface area contributed by atoms with Gasteiger partial charge in [0.15, 0.2) is 5.78 Å². The molecule has 150 valence electrons. The largest absolute Gasteiger partial charge is 0.462 e. The SMILES string of the molecule is CCOC(=O)c1ccc(NC(=O)C2CC(=O)N(c3ccc(C(C)=O)cc3)C2)cc1. The van der Waals surface area contributed by atoms with E-state index in [-0.39, 0.29) is 30.6 Å². The fourth-order valence-electron chi connectivity index (χ4n) is 3.16. The number of esters is 1. The topological polar surface area (TPSA) is 92.8 Å². The number of carbonyl (C=O) groups is 4. The van der Waals surface area contributed by atoms with Gasteiger partial charge >= 0.3 is 5.97 Å². The Balaban J connectivity index is 1.63. The van der Waals surface area contributed by atoms with Crippen LogP contribution in [0.25, 0.3) is 0 Å². The molecule has 1 heterocycles. The van der Waals surface area contributed by atoms with E-state index in [0.717, 1.165) is 0 Å². The van der Waals surface area contributed by atoms with Crippen molar-refractivity contribution in [3.8, 4) is 0 Å². The molecule has 2 aromatic rings. The molecule has 1 aliphatic heterocycles. The molecule has 1 aliphatic rings. The van der Waals surface area contributed by atoms with Crippen LogP contribution in [-0.4, -0.2) is 36.7 Å². The molecule has 1 saturated heterocycles. The average molecular weight is 394 g/mol. The maximum absolute atomic E-state index is 12.6. The zero-order valence-electron chi connectivity index (χ0n) is 16.3. The first-order valence-corrected chi connectivity index (χ1v) is 9.38. The van der Waals surface area contributed by atoms with Crippen LogP contribution < -0.4 is 10.2 Å². The third kappa shape index (κ3) is 4.68. The number of Topliss-reactive ketones (excluding diaryl/α,β-unsaturated/α-hetero) is 1. The standard InChI is InChI=1S/C22H22N2O5/c1-3-29-22(28)16-4-8-18(9-5-16)23-21(27)17-12-20(26)24(13-17)19-10-6-15(7-11-19)14(2)25/h4-11,17H,3,12-13H2,1-2H3,(H,23,27). The third-order valence-electron chi connectivity index (χ3n) is 4.74. The van der Waals surface area contributed by atoms with Gasteiger partial charge in [-0.05, 0) is 62.4 Å². The summed E-state index contributed by atoms with van der Waals surface area (Å²) in [6, 6.07) is 13.2. The summed E-state index contributed by atoms with van der Waals surface area (Å²) in [5.74, 6) is -1.35. The van der Waals surface area contributed by atoms with E-state index in [1.807, 2.05) is 0 Å². The minimum atomic E-state index is -0.486. The predicted molar refractivity (Wildman–Crippen MR) is 108 cm³/mol. The molecule has 2 aromatic carbocycles. The first-order valence-electron chi connectivity index (χ1n) is 9.38. The normalized spacial score (nSPS) is 15.9. The highest BCUT2D eigenvalue weighted by Crippen LogP contribution is 2.26. The molecule has 1 atom stereocenters. The highest BCUT2D eigenvalue weighted by molar-refractivity contribution is 6.04. The van der Waals surface area contributed by atoms with Crippen LogP contribution in [0.3, 0.4) is 0 Å². The van der Waals surface area contributed by atoms with Crippen LogP contribution in [0.4, 0.5) is 11.4 Å². The number of nitrogens with zero attached hydrogens (tertiary/aromatic N) is 1. The molecule has 7 heteroatoms. The van der Waals surface area contributed by atoms with E-state index < -0.39 is 11.9 Å². The lowest BCUT2D eigenvalue weighted by Crippen LogP contribution is -2.28. The van der Waals surface area contributed by atoms with Gasteiger partial charge < -0.3 is 15.0 Å². The van der Waals surface area contributed by atoms with Gasteiger partial charge in [-0.2, -0.15) is 0 Å². The van der Waals surface area contributed by atoms with Crippen molar-refractivity contribution >= 4 is 34.9 Å². The average Bonchev–Trinajstić information content (AvgIpc) is 3.10. The first-order chi connectivity index (χ1) is 13.9. The summed E-state index contributed by atoms with van der Waals surface area (Å²) in [4.78, 5) is 49.6. The number of anilines is 2. The number of rotatable bonds is 6. The Hall–Kier alpha value is -3.48. The molecule has 3 rings (SSSR count). The van der Waals surface area contributed by atoms with Gasteiger partial charge in [-0.1, -0.05) is 0 Å². The van der Waals surface area contributed by atoms with Crippen LogP contribution in [-0.2, 0) is 14.3 Å². The monoisotopic (exact) mass is 394 g/mol. The van der Waals surface area contributed by atoms with Crippen LogP contribution in [0.15, 0.2) is 48.5 Å². The lowest BCUT2D eigenvalue weighted by Gasteiger charge is -2.17. The second-order valence-electron chi connectivity index (χ2n) is 6.80. The summed E-state index contributed by atoms with van der Waals surface area (Å²) in [5.41, 5.74) is 2.18. The molecule has 1 fully saturated rings. The lowest BCUT2D eigenvalue weighted by atomic mass is 10.1. The second kappa shape index (κ2) is 8.68. The van der Waals surface area contributed by atoms with Gasteiger partial charge in [0, 0.05) is 29.9 Å². The second-order valence-corrected chi connectivity index (χ2v) is 6.80. The number of hydrogen-bond donors (Lipinski definition) is 1. The summed E-state index contributed by atoms with van der Waals surface area (Å²) in [6.45, 7) is 3.78. The Bertz CT molecular complexity index is 935. The number of nitrogens with one attached hydrogen (secondary N) is 1. The van der Waals surface area contributed by atoms with Crippen molar-refractivity contribution in [2.75, 3.05) is 23.4 Å². The first kappa shape index (κ1) is 20.3. The third-order valence-corrected chi connectivity index (χ3v) is 4.74. The van der Waals surface area contributed by atoms with Crippen LogP contribution in [0, 0.1) is 5.92 Å². The summed E-state index contributed by atoms with van der Waals surface area (Å²) < 4.78 is 4.93. The minimum absolute atomic E-state index is 0.0458. The van der Waals surface area contributed by atoms with E-state index in [1.165, 1.54) is 6.92 Å². The van der Waals surface area contributed by atoms with E-state index >= 15 is 0 Å². The van der Waals surface area contributed by atoms with Crippen molar-refractivity contribution in [1.29, 1.82) is 0 Å².